The number of hydrogen-bond acceptors (Lipinski definition) is 3. The molecule has 4 nitrogen and oxygen atoms in total. The Kier molecular flexibility index (Phi) is 5.31. The quantitative estimate of drug-likeness (QED) is 0.747. The van der Waals surface area contributed by atoms with Crippen LogP contribution < -0.4 is 0 Å². The second-order valence-electron chi connectivity index (χ2n) is 6.62. The molecule has 0 saturated carbocycles. The second-order valence-corrected chi connectivity index (χ2v) is 6.62. The highest BCUT2D eigenvalue weighted by atomic mass is 16.5. The predicted molar refractivity (Wildman–Crippen MR) is 83.1 cm³/mol. The number of ether oxygens (including phenoxy) is 1. The highest BCUT2D eigenvalue weighted by molar-refractivity contribution is 5.79. The number of likely N-dealkylation sites (tertiary alicyclic amines) is 1. The minimum absolute atomic E-state index is 0.209. The van der Waals surface area contributed by atoms with E-state index in [1.165, 1.54) is 25.7 Å². The lowest BCUT2D eigenvalue weighted by Gasteiger charge is -2.36. The first kappa shape index (κ1) is 15.0. The van der Waals surface area contributed by atoms with E-state index in [4.69, 9.17) is 4.74 Å². The van der Waals surface area contributed by atoms with Crippen molar-refractivity contribution in [1.29, 1.82) is 0 Å². The summed E-state index contributed by atoms with van der Waals surface area (Å²) in [5.74, 6) is 0.571. The van der Waals surface area contributed by atoms with Crippen LogP contribution in [-0.2, 0) is 9.53 Å². The molecule has 21 heavy (non-hydrogen) atoms. The number of amides is 1. The molecule has 0 aromatic heterocycles. The summed E-state index contributed by atoms with van der Waals surface area (Å²) in [5.41, 5.74) is 1.60. The van der Waals surface area contributed by atoms with Crippen molar-refractivity contribution in [3.05, 3.63) is 11.6 Å². The Balaban J connectivity index is 1.52. The number of piperidine rings is 1. The molecule has 2 heterocycles. The smallest absolute Gasteiger partial charge is 0.227 e. The molecule has 3 aliphatic rings. The highest BCUT2D eigenvalue weighted by Crippen LogP contribution is 2.23. The molecule has 118 valence electrons. The van der Waals surface area contributed by atoms with Gasteiger partial charge in [-0.1, -0.05) is 11.6 Å². The molecule has 0 N–H and O–H groups in total. The van der Waals surface area contributed by atoms with Gasteiger partial charge in [-0.25, -0.2) is 0 Å². The van der Waals surface area contributed by atoms with Gasteiger partial charge >= 0.3 is 0 Å². The molecule has 1 atom stereocenters. The first-order valence-electron chi connectivity index (χ1n) is 8.60. The Labute approximate surface area is 128 Å². The van der Waals surface area contributed by atoms with Gasteiger partial charge in [0.2, 0.25) is 5.91 Å². The molecule has 0 radical (unpaired) electrons. The number of carbonyl (C=O) groups is 1. The normalized spacial score (nSPS) is 28.3. The van der Waals surface area contributed by atoms with Gasteiger partial charge in [-0.2, -0.15) is 0 Å². The molecule has 0 spiro atoms. The van der Waals surface area contributed by atoms with Gasteiger partial charge in [0.05, 0.1) is 19.1 Å². The monoisotopic (exact) mass is 292 g/mol. The van der Waals surface area contributed by atoms with E-state index in [1.807, 2.05) is 4.90 Å². The summed E-state index contributed by atoms with van der Waals surface area (Å²) < 4.78 is 5.35. The van der Waals surface area contributed by atoms with Gasteiger partial charge in [0, 0.05) is 26.2 Å². The molecule has 2 saturated heterocycles. The Bertz CT molecular complexity index is 388. The standard InChI is InChI=1S/C17H28N2O2/c20-17(19-9-11-21-12-10-19)16-7-4-8-18(14-16)13-15-5-2-1-3-6-15/h5,16H,1-4,6-14H2. The Morgan fingerprint density at radius 3 is 2.81 bits per heavy atom. The van der Waals surface area contributed by atoms with Crippen LogP contribution in [0.5, 0.6) is 0 Å². The van der Waals surface area contributed by atoms with E-state index in [-0.39, 0.29) is 5.92 Å². The number of carbonyl (C=O) groups excluding carboxylic acids is 1. The zero-order valence-electron chi connectivity index (χ0n) is 13.1. The van der Waals surface area contributed by atoms with Crippen molar-refractivity contribution in [3.63, 3.8) is 0 Å². The van der Waals surface area contributed by atoms with Crippen molar-refractivity contribution in [2.45, 2.75) is 38.5 Å². The number of allylic oxidation sites excluding steroid dienone is 1. The fraction of sp³-hybridized carbons (Fsp3) is 0.824. The molecule has 1 amide bonds. The van der Waals surface area contributed by atoms with Crippen LogP contribution in [0, 0.1) is 5.92 Å². The molecule has 4 heteroatoms. The van der Waals surface area contributed by atoms with Crippen molar-refractivity contribution in [2.24, 2.45) is 5.92 Å². The molecule has 1 aliphatic carbocycles. The SMILES string of the molecule is O=C(C1CCCN(CC2=CCCCC2)C1)N1CCOCC1. The summed E-state index contributed by atoms with van der Waals surface area (Å²) in [7, 11) is 0. The summed E-state index contributed by atoms with van der Waals surface area (Å²) in [6.45, 7) is 6.16. The second kappa shape index (κ2) is 7.41. The van der Waals surface area contributed by atoms with Gasteiger partial charge in [0.25, 0.3) is 0 Å². The van der Waals surface area contributed by atoms with Crippen molar-refractivity contribution in [2.75, 3.05) is 45.9 Å². The largest absolute Gasteiger partial charge is 0.378 e. The number of nitrogens with zero attached hydrogens (tertiary/aromatic N) is 2. The van der Waals surface area contributed by atoms with Crippen LogP contribution in [0.1, 0.15) is 38.5 Å². The van der Waals surface area contributed by atoms with E-state index < -0.39 is 0 Å². The third kappa shape index (κ3) is 4.07. The van der Waals surface area contributed by atoms with E-state index >= 15 is 0 Å². The van der Waals surface area contributed by atoms with Crippen molar-refractivity contribution in [3.8, 4) is 0 Å². The van der Waals surface area contributed by atoms with Crippen LogP contribution in [0.4, 0.5) is 0 Å². The van der Waals surface area contributed by atoms with Gasteiger partial charge in [0.1, 0.15) is 0 Å². The predicted octanol–water partition coefficient (Wildman–Crippen LogP) is 2.06. The maximum absolute atomic E-state index is 12.6. The van der Waals surface area contributed by atoms with E-state index in [0.717, 1.165) is 45.6 Å². The zero-order valence-corrected chi connectivity index (χ0v) is 13.1. The highest BCUT2D eigenvalue weighted by Gasteiger charge is 2.30. The maximum Gasteiger partial charge on any atom is 0.227 e. The minimum atomic E-state index is 0.209. The van der Waals surface area contributed by atoms with Crippen molar-refractivity contribution in [1.82, 2.24) is 9.80 Å². The van der Waals surface area contributed by atoms with Crippen LogP contribution in [0.25, 0.3) is 0 Å². The van der Waals surface area contributed by atoms with Gasteiger partial charge < -0.3 is 9.64 Å². The fourth-order valence-electron chi connectivity index (χ4n) is 3.78. The van der Waals surface area contributed by atoms with Crippen LogP contribution in [0.3, 0.4) is 0 Å². The summed E-state index contributed by atoms with van der Waals surface area (Å²) >= 11 is 0. The Morgan fingerprint density at radius 1 is 1.19 bits per heavy atom. The molecule has 0 aromatic carbocycles. The number of rotatable bonds is 3. The summed E-state index contributed by atoms with van der Waals surface area (Å²) in [5, 5.41) is 0. The van der Waals surface area contributed by atoms with Crippen molar-refractivity contribution >= 4 is 5.91 Å². The molecule has 1 unspecified atom stereocenters. The topological polar surface area (TPSA) is 32.8 Å². The lowest BCUT2D eigenvalue weighted by molar-refractivity contribution is -0.141. The van der Waals surface area contributed by atoms with Crippen LogP contribution in [0.2, 0.25) is 0 Å². The first-order valence-corrected chi connectivity index (χ1v) is 8.60. The van der Waals surface area contributed by atoms with E-state index in [0.29, 0.717) is 19.1 Å². The lowest BCUT2D eigenvalue weighted by atomic mass is 9.94. The van der Waals surface area contributed by atoms with E-state index in [1.54, 1.807) is 5.57 Å². The maximum atomic E-state index is 12.6. The third-order valence-electron chi connectivity index (χ3n) is 4.99. The van der Waals surface area contributed by atoms with Crippen LogP contribution in [0.15, 0.2) is 11.6 Å². The molecular formula is C17H28N2O2. The molecule has 3 rings (SSSR count). The van der Waals surface area contributed by atoms with Gasteiger partial charge in [-0.05, 0) is 45.1 Å². The van der Waals surface area contributed by atoms with Crippen molar-refractivity contribution < 1.29 is 9.53 Å². The molecule has 0 aromatic rings. The number of morpholine rings is 1. The molecule has 0 bridgehead atoms. The van der Waals surface area contributed by atoms with Gasteiger partial charge in [-0.15, -0.1) is 0 Å². The minimum Gasteiger partial charge on any atom is -0.378 e. The number of hydrogen-bond donors (Lipinski definition) is 0. The summed E-state index contributed by atoms with van der Waals surface area (Å²) in [6.07, 6.45) is 9.85. The lowest BCUT2D eigenvalue weighted by Crippen LogP contribution is -2.48. The summed E-state index contributed by atoms with van der Waals surface area (Å²) in [6, 6.07) is 0. The summed E-state index contributed by atoms with van der Waals surface area (Å²) in [4.78, 5) is 17.1. The van der Waals surface area contributed by atoms with Gasteiger partial charge in [-0.3, -0.25) is 9.69 Å². The third-order valence-corrected chi connectivity index (χ3v) is 4.99. The van der Waals surface area contributed by atoms with Gasteiger partial charge in [0.15, 0.2) is 0 Å². The van der Waals surface area contributed by atoms with E-state index in [9.17, 15) is 4.79 Å². The van der Waals surface area contributed by atoms with Crippen LogP contribution >= 0.6 is 0 Å². The average molecular weight is 292 g/mol. The molecule has 2 aliphatic heterocycles. The van der Waals surface area contributed by atoms with Crippen LogP contribution in [-0.4, -0.2) is 61.6 Å². The zero-order chi connectivity index (χ0) is 14.5. The molecular weight excluding hydrogens is 264 g/mol. The average Bonchev–Trinajstić information content (AvgIpc) is 2.56. The fourth-order valence-corrected chi connectivity index (χ4v) is 3.78. The Morgan fingerprint density at radius 2 is 2.05 bits per heavy atom. The Hall–Kier alpha value is -0.870. The van der Waals surface area contributed by atoms with E-state index in [2.05, 4.69) is 11.0 Å². The molecule has 2 fully saturated rings. The first-order chi connectivity index (χ1) is 10.3.